The lowest BCUT2D eigenvalue weighted by atomic mass is 9.82. The molecule has 34 heavy (non-hydrogen) atoms. The van der Waals surface area contributed by atoms with Crippen molar-refractivity contribution in [3.05, 3.63) is 0 Å². The quantitative estimate of drug-likeness (QED) is 0.216. The van der Waals surface area contributed by atoms with Crippen LogP contribution in [0, 0.1) is 23.2 Å². The van der Waals surface area contributed by atoms with Gasteiger partial charge < -0.3 is 28.6 Å². The standard InChI is InChI=1S/C23H42N3O7P/c1-15(2)26(16(3)4)34(31-11-9-10-24)32-13-12-29-23-22(25-19(7)27)18(6)17(5)21(33-23)14-30-20(8)28/h15-18,21-23H,9,11-14H2,1-8H3,(H,25,27)/t17-,18+,21-,22-,23-,34?/m1/s1. The molecule has 0 aromatic rings. The van der Waals surface area contributed by atoms with Crippen LogP contribution in [0.25, 0.3) is 0 Å². The maximum atomic E-state index is 11.8. The number of hydrogen-bond acceptors (Lipinski definition) is 9. The van der Waals surface area contributed by atoms with Crippen molar-refractivity contribution in [1.29, 1.82) is 5.26 Å². The minimum atomic E-state index is -1.37. The number of amides is 1. The van der Waals surface area contributed by atoms with E-state index in [-0.39, 0.29) is 74.2 Å². The molecule has 1 aliphatic rings. The van der Waals surface area contributed by atoms with Gasteiger partial charge in [-0.3, -0.25) is 9.59 Å². The van der Waals surface area contributed by atoms with Gasteiger partial charge in [-0.1, -0.05) is 13.8 Å². The van der Waals surface area contributed by atoms with E-state index in [1.165, 1.54) is 13.8 Å². The molecule has 1 N–H and O–H groups in total. The molecule has 1 rings (SSSR count). The highest BCUT2D eigenvalue weighted by molar-refractivity contribution is 7.44. The Labute approximate surface area is 205 Å². The maximum absolute atomic E-state index is 11.8. The van der Waals surface area contributed by atoms with E-state index in [1.54, 1.807) is 0 Å². The second-order valence-electron chi connectivity index (χ2n) is 9.04. The fourth-order valence-electron chi connectivity index (χ4n) is 3.86. The van der Waals surface area contributed by atoms with Crippen LogP contribution in [0.3, 0.4) is 0 Å². The molecule has 0 radical (unpaired) electrons. The Bertz CT molecular complexity index is 663. The first-order valence-electron chi connectivity index (χ1n) is 11.9. The number of carbonyl (C=O) groups excluding carboxylic acids is 2. The van der Waals surface area contributed by atoms with Crippen molar-refractivity contribution in [1.82, 2.24) is 9.99 Å². The lowest BCUT2D eigenvalue weighted by molar-refractivity contribution is -0.245. The lowest BCUT2D eigenvalue weighted by Crippen LogP contribution is -2.58. The minimum Gasteiger partial charge on any atom is -0.463 e. The first-order chi connectivity index (χ1) is 16.0. The summed E-state index contributed by atoms with van der Waals surface area (Å²) in [5.41, 5.74) is 0. The number of carbonyl (C=O) groups is 2. The molecule has 0 aliphatic carbocycles. The van der Waals surface area contributed by atoms with E-state index in [0.717, 1.165) is 0 Å². The zero-order valence-electron chi connectivity index (χ0n) is 21.8. The average Bonchev–Trinajstić information content (AvgIpc) is 2.73. The van der Waals surface area contributed by atoms with Gasteiger partial charge in [-0.2, -0.15) is 5.26 Å². The molecule has 0 aromatic heterocycles. The molecule has 1 heterocycles. The van der Waals surface area contributed by atoms with Crippen molar-refractivity contribution in [2.24, 2.45) is 11.8 Å². The van der Waals surface area contributed by atoms with E-state index < -0.39 is 14.8 Å². The van der Waals surface area contributed by atoms with Gasteiger partial charge in [0.25, 0.3) is 8.53 Å². The number of nitrogens with one attached hydrogen (secondary N) is 1. The van der Waals surface area contributed by atoms with Crippen LogP contribution in [0.15, 0.2) is 0 Å². The minimum absolute atomic E-state index is 0.0351. The predicted octanol–water partition coefficient (Wildman–Crippen LogP) is 3.36. The van der Waals surface area contributed by atoms with Crippen molar-refractivity contribution in [2.45, 2.75) is 92.3 Å². The second-order valence-corrected chi connectivity index (χ2v) is 10.5. The number of ether oxygens (including phenoxy) is 3. The summed E-state index contributed by atoms with van der Waals surface area (Å²) in [5.74, 6) is -0.468. The molecule has 6 atom stereocenters. The van der Waals surface area contributed by atoms with Gasteiger partial charge in [0.2, 0.25) is 5.91 Å². The van der Waals surface area contributed by atoms with Gasteiger partial charge in [0.05, 0.1) is 44.5 Å². The summed E-state index contributed by atoms with van der Waals surface area (Å²) in [6, 6.07) is 2.13. The van der Waals surface area contributed by atoms with Gasteiger partial charge in [-0.25, -0.2) is 4.67 Å². The Kier molecular flexibility index (Phi) is 14.1. The summed E-state index contributed by atoms with van der Waals surface area (Å²) in [6.07, 6.45) is -0.772. The molecule has 1 amide bonds. The largest absolute Gasteiger partial charge is 0.463 e. The van der Waals surface area contributed by atoms with Crippen LogP contribution < -0.4 is 5.32 Å². The van der Waals surface area contributed by atoms with E-state index in [0.29, 0.717) is 6.61 Å². The van der Waals surface area contributed by atoms with Gasteiger partial charge in [0.1, 0.15) is 6.61 Å². The molecule has 0 bridgehead atoms. The third kappa shape index (κ3) is 10.1. The predicted molar refractivity (Wildman–Crippen MR) is 128 cm³/mol. The van der Waals surface area contributed by atoms with E-state index in [9.17, 15) is 9.59 Å². The third-order valence-electron chi connectivity index (χ3n) is 5.63. The van der Waals surface area contributed by atoms with E-state index in [1.807, 2.05) is 13.8 Å². The van der Waals surface area contributed by atoms with Gasteiger partial charge in [0, 0.05) is 25.9 Å². The number of rotatable bonds is 14. The molecular weight excluding hydrogens is 461 g/mol. The molecule has 0 saturated carbocycles. The first kappa shape index (κ1) is 30.7. The zero-order valence-corrected chi connectivity index (χ0v) is 22.7. The summed E-state index contributed by atoms with van der Waals surface area (Å²) in [4.78, 5) is 23.1. The van der Waals surface area contributed by atoms with Gasteiger partial charge >= 0.3 is 5.97 Å². The van der Waals surface area contributed by atoms with Crippen LogP contribution in [0.2, 0.25) is 0 Å². The summed E-state index contributed by atoms with van der Waals surface area (Å²) in [6.45, 7) is 16.0. The smallest absolute Gasteiger partial charge is 0.302 e. The average molecular weight is 504 g/mol. The summed E-state index contributed by atoms with van der Waals surface area (Å²) in [7, 11) is -1.37. The Morgan fingerprint density at radius 2 is 1.68 bits per heavy atom. The summed E-state index contributed by atoms with van der Waals surface area (Å²) < 4.78 is 31.4. The Morgan fingerprint density at radius 3 is 2.21 bits per heavy atom. The van der Waals surface area contributed by atoms with Crippen LogP contribution in [-0.2, 0) is 32.8 Å². The lowest BCUT2D eigenvalue weighted by Gasteiger charge is -2.44. The van der Waals surface area contributed by atoms with E-state index in [4.69, 9.17) is 28.5 Å². The number of hydrogen-bond donors (Lipinski definition) is 1. The first-order valence-corrected chi connectivity index (χ1v) is 13.0. The molecule has 0 aromatic carbocycles. The fraction of sp³-hybridized carbons (Fsp3) is 0.870. The molecule has 10 nitrogen and oxygen atoms in total. The van der Waals surface area contributed by atoms with Gasteiger partial charge in [0.15, 0.2) is 6.29 Å². The van der Waals surface area contributed by atoms with Crippen LogP contribution in [-0.4, -0.2) is 73.5 Å². The molecule has 1 aliphatic heterocycles. The molecule has 0 spiro atoms. The number of nitrogens with zero attached hydrogens (tertiary/aromatic N) is 2. The SMILES string of the molecule is CC(=O)N[C@H]1[C@H](OCCOP(OCCC#N)N(C(C)C)C(C)C)O[C@H](COC(C)=O)[C@H](C)[C@@H]1C. The van der Waals surface area contributed by atoms with Crippen molar-refractivity contribution < 1.29 is 32.8 Å². The second kappa shape index (κ2) is 15.6. The monoisotopic (exact) mass is 503 g/mol. The summed E-state index contributed by atoms with van der Waals surface area (Å²) in [5, 5.41) is 11.8. The Balaban J connectivity index is 2.80. The van der Waals surface area contributed by atoms with Crippen LogP contribution in [0.1, 0.15) is 61.8 Å². The Hall–Kier alpha value is -1.34. The van der Waals surface area contributed by atoms with Crippen LogP contribution in [0.5, 0.6) is 0 Å². The molecular formula is C23H42N3O7P. The molecule has 1 fully saturated rings. The maximum Gasteiger partial charge on any atom is 0.302 e. The normalized spacial score (nSPS) is 25.9. The summed E-state index contributed by atoms with van der Waals surface area (Å²) >= 11 is 0. The number of nitriles is 1. The van der Waals surface area contributed by atoms with Crippen molar-refractivity contribution in [3.63, 3.8) is 0 Å². The Morgan fingerprint density at radius 1 is 1.06 bits per heavy atom. The topological polar surface area (TPSA) is 119 Å². The van der Waals surface area contributed by atoms with E-state index >= 15 is 0 Å². The molecule has 196 valence electrons. The van der Waals surface area contributed by atoms with Crippen molar-refractivity contribution in [3.8, 4) is 6.07 Å². The van der Waals surface area contributed by atoms with Gasteiger partial charge in [-0.05, 0) is 39.5 Å². The third-order valence-corrected chi connectivity index (χ3v) is 7.74. The van der Waals surface area contributed by atoms with E-state index in [2.05, 4.69) is 43.8 Å². The van der Waals surface area contributed by atoms with Crippen molar-refractivity contribution >= 4 is 20.4 Å². The van der Waals surface area contributed by atoms with Crippen molar-refractivity contribution in [2.75, 3.05) is 26.4 Å². The zero-order chi connectivity index (χ0) is 25.8. The highest BCUT2D eigenvalue weighted by Gasteiger charge is 2.43. The highest BCUT2D eigenvalue weighted by atomic mass is 31.2. The number of esters is 1. The molecule has 11 heteroatoms. The van der Waals surface area contributed by atoms with Crippen LogP contribution >= 0.6 is 8.53 Å². The molecule has 1 unspecified atom stereocenters. The fourth-order valence-corrected chi connectivity index (χ4v) is 5.43. The van der Waals surface area contributed by atoms with Gasteiger partial charge in [-0.15, -0.1) is 0 Å². The van der Waals surface area contributed by atoms with Crippen LogP contribution in [0.4, 0.5) is 0 Å². The molecule has 1 saturated heterocycles. The highest BCUT2D eigenvalue weighted by Crippen LogP contribution is 2.45.